The lowest BCUT2D eigenvalue weighted by Crippen LogP contribution is -2.26. The highest BCUT2D eigenvalue weighted by Crippen LogP contribution is 2.41. The Morgan fingerprint density at radius 3 is 2.56 bits per heavy atom. The van der Waals surface area contributed by atoms with Gasteiger partial charge in [-0.15, -0.1) is 0 Å². The number of aliphatic hydroxyl groups is 1. The monoisotopic (exact) mass is 126 g/mol. The summed E-state index contributed by atoms with van der Waals surface area (Å²) in [6, 6.07) is 0. The number of carbonyl (C=O) groups is 1. The van der Waals surface area contributed by atoms with Crippen molar-refractivity contribution in [1.29, 1.82) is 0 Å². The summed E-state index contributed by atoms with van der Waals surface area (Å²) in [6.07, 6.45) is 2.46. The Bertz CT molecular complexity index is 149. The van der Waals surface area contributed by atoms with Gasteiger partial charge >= 0.3 is 0 Å². The van der Waals surface area contributed by atoms with Crippen LogP contribution in [0.15, 0.2) is 0 Å². The fourth-order valence-corrected chi connectivity index (χ4v) is 2.04. The van der Waals surface area contributed by atoms with Crippen LogP contribution >= 0.6 is 0 Å². The van der Waals surface area contributed by atoms with Crippen molar-refractivity contribution in [2.24, 2.45) is 11.8 Å². The van der Waals surface area contributed by atoms with Gasteiger partial charge in [-0.3, -0.25) is 4.79 Å². The maximum absolute atomic E-state index is 10.9. The minimum absolute atomic E-state index is 0.103. The minimum atomic E-state index is -0.594. The summed E-state index contributed by atoms with van der Waals surface area (Å²) in [4.78, 5) is 10.9. The normalized spacial score (nSPS) is 48.6. The molecule has 2 bridgehead atoms. The molecule has 0 heterocycles. The molecule has 2 saturated carbocycles. The Labute approximate surface area is 53.9 Å². The van der Waals surface area contributed by atoms with Gasteiger partial charge in [0.15, 0.2) is 5.78 Å². The molecule has 2 nitrogen and oxygen atoms in total. The Morgan fingerprint density at radius 1 is 1.44 bits per heavy atom. The summed E-state index contributed by atoms with van der Waals surface area (Å²) in [5.41, 5.74) is 0. The van der Waals surface area contributed by atoms with Crippen LogP contribution in [0.5, 0.6) is 0 Å². The van der Waals surface area contributed by atoms with E-state index in [1.54, 1.807) is 0 Å². The summed E-state index contributed by atoms with van der Waals surface area (Å²) in [6.45, 7) is 0. The Morgan fingerprint density at radius 2 is 2.22 bits per heavy atom. The van der Waals surface area contributed by atoms with Crippen molar-refractivity contribution in [3.05, 3.63) is 0 Å². The molecule has 2 rings (SSSR count). The third-order valence-electron chi connectivity index (χ3n) is 2.61. The molecule has 9 heavy (non-hydrogen) atoms. The van der Waals surface area contributed by atoms with Crippen LogP contribution in [0, 0.1) is 11.8 Å². The Hall–Kier alpha value is -0.370. The highest BCUT2D eigenvalue weighted by atomic mass is 16.3. The largest absolute Gasteiger partial charge is 0.385 e. The second-order valence-electron chi connectivity index (χ2n) is 3.12. The average molecular weight is 126 g/mol. The molecule has 0 amide bonds. The zero-order chi connectivity index (χ0) is 6.43. The van der Waals surface area contributed by atoms with Crippen molar-refractivity contribution in [1.82, 2.24) is 0 Å². The molecule has 2 aliphatic carbocycles. The van der Waals surface area contributed by atoms with E-state index in [-0.39, 0.29) is 11.7 Å². The number of ketones is 1. The summed E-state index contributed by atoms with van der Waals surface area (Å²) in [5.74, 6) is 0.652. The van der Waals surface area contributed by atoms with Crippen molar-refractivity contribution in [2.75, 3.05) is 0 Å². The van der Waals surface area contributed by atoms with Crippen LogP contribution in [0.3, 0.4) is 0 Å². The first-order chi connectivity index (χ1) is 4.29. The lowest BCUT2D eigenvalue weighted by atomic mass is 9.97. The number of carbonyl (C=O) groups excluding carboxylic acids is 1. The van der Waals surface area contributed by atoms with Crippen LogP contribution in [0.1, 0.15) is 19.3 Å². The Kier molecular flexibility index (Phi) is 0.943. The van der Waals surface area contributed by atoms with Gasteiger partial charge in [0.25, 0.3) is 0 Å². The molecular weight excluding hydrogens is 116 g/mol. The number of aliphatic hydroxyl groups excluding tert-OH is 1. The van der Waals surface area contributed by atoms with E-state index >= 15 is 0 Å². The number of fused-ring (bicyclic) bond motifs is 2. The third-order valence-corrected chi connectivity index (χ3v) is 2.61. The SMILES string of the molecule is O=C1[C@@H]2CC[C@H](C2)[C@@H]1O. The van der Waals surface area contributed by atoms with E-state index in [1.165, 1.54) is 0 Å². The highest BCUT2D eigenvalue weighted by molar-refractivity contribution is 5.88. The molecule has 0 aliphatic heterocycles. The van der Waals surface area contributed by atoms with Gasteiger partial charge in [0.1, 0.15) is 6.10 Å². The fourth-order valence-electron chi connectivity index (χ4n) is 2.04. The molecule has 0 aromatic rings. The molecule has 0 spiro atoms. The molecule has 2 fully saturated rings. The van der Waals surface area contributed by atoms with Gasteiger partial charge in [0, 0.05) is 5.92 Å². The average Bonchev–Trinajstić information content (AvgIpc) is 2.37. The molecule has 2 aliphatic rings. The molecule has 0 aromatic carbocycles. The van der Waals surface area contributed by atoms with Gasteiger partial charge in [-0.25, -0.2) is 0 Å². The summed E-state index contributed by atoms with van der Waals surface area (Å²) in [7, 11) is 0. The quantitative estimate of drug-likeness (QED) is 0.508. The van der Waals surface area contributed by atoms with Crippen molar-refractivity contribution >= 4 is 5.78 Å². The zero-order valence-electron chi connectivity index (χ0n) is 5.21. The summed E-state index contributed by atoms with van der Waals surface area (Å²) >= 11 is 0. The first-order valence-corrected chi connectivity index (χ1v) is 3.51. The smallest absolute Gasteiger partial charge is 0.164 e. The van der Waals surface area contributed by atoms with Crippen LogP contribution < -0.4 is 0 Å². The van der Waals surface area contributed by atoms with Gasteiger partial charge in [-0.1, -0.05) is 0 Å². The predicted octanol–water partition coefficient (Wildman–Crippen LogP) is 0.346. The first-order valence-electron chi connectivity index (χ1n) is 3.51. The van der Waals surface area contributed by atoms with Crippen LogP contribution in [0.4, 0.5) is 0 Å². The van der Waals surface area contributed by atoms with E-state index in [0.717, 1.165) is 19.3 Å². The topological polar surface area (TPSA) is 37.3 Å². The maximum atomic E-state index is 10.9. The Balaban J connectivity index is 2.25. The maximum Gasteiger partial charge on any atom is 0.164 e. The standard InChI is InChI=1S/C7H10O2/c8-6-4-1-2-5(3-4)7(6)9/h4-6,8H,1-3H2/t4-,5-,6+/m1/s1. The van der Waals surface area contributed by atoms with Crippen LogP contribution in [0.2, 0.25) is 0 Å². The summed E-state index contributed by atoms with van der Waals surface area (Å²) in [5, 5.41) is 9.14. The molecule has 50 valence electrons. The van der Waals surface area contributed by atoms with E-state index < -0.39 is 6.10 Å². The second-order valence-corrected chi connectivity index (χ2v) is 3.12. The van der Waals surface area contributed by atoms with E-state index in [0.29, 0.717) is 5.92 Å². The highest BCUT2D eigenvalue weighted by Gasteiger charge is 2.45. The summed E-state index contributed by atoms with van der Waals surface area (Å²) < 4.78 is 0. The minimum Gasteiger partial charge on any atom is -0.385 e. The lowest BCUT2D eigenvalue weighted by molar-refractivity contribution is -0.130. The fraction of sp³-hybridized carbons (Fsp3) is 0.857. The van der Waals surface area contributed by atoms with Crippen LogP contribution in [-0.2, 0) is 4.79 Å². The van der Waals surface area contributed by atoms with Crippen LogP contribution in [0.25, 0.3) is 0 Å². The van der Waals surface area contributed by atoms with E-state index in [1.807, 2.05) is 0 Å². The molecule has 2 heteroatoms. The zero-order valence-corrected chi connectivity index (χ0v) is 5.21. The van der Waals surface area contributed by atoms with Gasteiger partial charge < -0.3 is 5.11 Å². The number of hydrogen-bond acceptors (Lipinski definition) is 2. The predicted molar refractivity (Wildman–Crippen MR) is 31.8 cm³/mol. The second kappa shape index (κ2) is 1.57. The van der Waals surface area contributed by atoms with Gasteiger partial charge in [-0.2, -0.15) is 0 Å². The molecule has 3 atom stereocenters. The van der Waals surface area contributed by atoms with Crippen molar-refractivity contribution in [3.8, 4) is 0 Å². The van der Waals surface area contributed by atoms with Crippen molar-refractivity contribution < 1.29 is 9.90 Å². The molecule has 1 N–H and O–H groups in total. The van der Waals surface area contributed by atoms with Crippen LogP contribution in [-0.4, -0.2) is 17.0 Å². The number of Topliss-reactive ketones (excluding diaryl/α,β-unsaturated/α-hetero) is 1. The van der Waals surface area contributed by atoms with Gasteiger partial charge in [-0.05, 0) is 25.2 Å². The number of rotatable bonds is 0. The van der Waals surface area contributed by atoms with Crippen molar-refractivity contribution in [3.63, 3.8) is 0 Å². The lowest BCUT2D eigenvalue weighted by Gasteiger charge is -2.13. The van der Waals surface area contributed by atoms with E-state index in [2.05, 4.69) is 0 Å². The number of hydrogen-bond donors (Lipinski definition) is 1. The van der Waals surface area contributed by atoms with E-state index in [4.69, 9.17) is 5.11 Å². The molecule has 0 saturated heterocycles. The van der Waals surface area contributed by atoms with Gasteiger partial charge in [0.2, 0.25) is 0 Å². The molecule has 0 radical (unpaired) electrons. The first kappa shape index (κ1) is 5.42. The van der Waals surface area contributed by atoms with Gasteiger partial charge in [0.05, 0.1) is 0 Å². The van der Waals surface area contributed by atoms with Crippen molar-refractivity contribution in [2.45, 2.75) is 25.4 Å². The van der Waals surface area contributed by atoms with E-state index in [9.17, 15) is 4.79 Å². The third kappa shape index (κ3) is 0.568. The molecule has 0 unspecified atom stereocenters. The molecular formula is C7H10O2. The molecule has 0 aromatic heterocycles.